The Labute approximate surface area is 128 Å². The van der Waals surface area contributed by atoms with E-state index in [9.17, 15) is 5.11 Å². The molecule has 0 bridgehead atoms. The Hall–Kier alpha value is -0.0800. The van der Waals surface area contributed by atoms with Gasteiger partial charge >= 0.3 is 0 Å². The normalized spacial score (nSPS) is 62.0. The highest BCUT2D eigenvalue weighted by Gasteiger charge is 2.68. The van der Waals surface area contributed by atoms with Gasteiger partial charge in [0.25, 0.3) is 0 Å². The first-order chi connectivity index (χ1) is 10.1. The number of fused-ring (bicyclic) bond motifs is 5. The van der Waals surface area contributed by atoms with Gasteiger partial charge in [0.15, 0.2) is 0 Å². The Morgan fingerprint density at radius 2 is 1.76 bits per heavy atom. The maximum atomic E-state index is 10.00. The van der Waals surface area contributed by atoms with Gasteiger partial charge < -0.3 is 9.84 Å². The predicted octanol–water partition coefficient (Wildman–Crippen LogP) is 3.77. The van der Waals surface area contributed by atoms with Gasteiger partial charge in [-0.2, -0.15) is 0 Å². The van der Waals surface area contributed by atoms with Gasteiger partial charge in [-0.1, -0.05) is 6.92 Å². The zero-order valence-electron chi connectivity index (χ0n) is 13.4. The van der Waals surface area contributed by atoms with Crippen LogP contribution in [-0.2, 0) is 4.74 Å². The molecular weight excluding hydrogens is 260 g/mol. The highest BCUT2D eigenvalue weighted by Crippen LogP contribution is 2.68. The molecule has 0 radical (unpaired) electrons. The van der Waals surface area contributed by atoms with Crippen LogP contribution < -0.4 is 0 Å². The van der Waals surface area contributed by atoms with Crippen molar-refractivity contribution in [3.8, 4) is 0 Å². The van der Waals surface area contributed by atoms with Crippen molar-refractivity contribution in [3.05, 3.63) is 0 Å². The van der Waals surface area contributed by atoms with Gasteiger partial charge in [-0.3, -0.25) is 0 Å². The van der Waals surface area contributed by atoms with Crippen molar-refractivity contribution in [3.63, 3.8) is 0 Å². The quantitative estimate of drug-likeness (QED) is 0.689. The fourth-order valence-electron chi connectivity index (χ4n) is 7.32. The first-order valence-corrected chi connectivity index (χ1v) is 9.43. The van der Waals surface area contributed by atoms with Crippen LogP contribution in [-0.4, -0.2) is 23.4 Å². The lowest BCUT2D eigenvalue weighted by Crippen LogP contribution is -2.49. The summed E-state index contributed by atoms with van der Waals surface area (Å²) in [5.41, 5.74) is 0.803. The van der Waals surface area contributed by atoms with Gasteiger partial charge in [-0.05, 0) is 87.4 Å². The van der Waals surface area contributed by atoms with Crippen LogP contribution in [0, 0.1) is 35.0 Å². The fraction of sp³-hybridized carbons (Fsp3) is 1.00. The van der Waals surface area contributed by atoms with E-state index in [1.165, 1.54) is 44.9 Å². The third-order valence-electron chi connectivity index (χ3n) is 8.65. The second-order valence-electron chi connectivity index (χ2n) is 9.27. The van der Waals surface area contributed by atoms with Crippen molar-refractivity contribution in [1.82, 2.24) is 0 Å². The smallest absolute Gasteiger partial charge is 0.0972 e. The van der Waals surface area contributed by atoms with Crippen molar-refractivity contribution in [2.75, 3.05) is 6.61 Å². The molecule has 21 heavy (non-hydrogen) atoms. The minimum absolute atomic E-state index is 0.00581. The van der Waals surface area contributed by atoms with Crippen molar-refractivity contribution >= 4 is 0 Å². The summed E-state index contributed by atoms with van der Waals surface area (Å²) in [5.74, 6) is 4.64. The minimum Gasteiger partial charge on any atom is -0.393 e. The number of ether oxygens (including phenoxy) is 1. The molecule has 1 N–H and O–H groups in total. The van der Waals surface area contributed by atoms with Gasteiger partial charge in [-0.15, -0.1) is 0 Å². The van der Waals surface area contributed by atoms with Gasteiger partial charge in [0, 0.05) is 5.41 Å². The Morgan fingerprint density at radius 3 is 2.57 bits per heavy atom. The summed E-state index contributed by atoms with van der Waals surface area (Å²) in [6.07, 6.45) is 12.0. The summed E-state index contributed by atoms with van der Waals surface area (Å²) in [5, 5.41) is 10.00. The number of aliphatic hydroxyl groups is 1. The standard InChI is InChI=1S/C19H30O2/c1-18-10-13-3-2-12-8-15(20)4-5-16(12)17(13)9-14(18)6-7-19(18)11-21-19/h12-17,20H,2-11H2,1H3/t12-,13-,14+,15?,16-,17?,18+,19-/m0/s1. The summed E-state index contributed by atoms with van der Waals surface area (Å²) in [6, 6.07) is 0. The number of hydrogen-bond acceptors (Lipinski definition) is 2. The second kappa shape index (κ2) is 4.26. The third kappa shape index (κ3) is 1.72. The zero-order valence-corrected chi connectivity index (χ0v) is 13.4. The minimum atomic E-state index is 0.00581. The predicted molar refractivity (Wildman–Crippen MR) is 81.8 cm³/mol. The molecule has 5 aliphatic rings. The van der Waals surface area contributed by atoms with Crippen molar-refractivity contribution in [2.24, 2.45) is 35.0 Å². The maximum Gasteiger partial charge on any atom is 0.0972 e. The second-order valence-corrected chi connectivity index (χ2v) is 9.27. The van der Waals surface area contributed by atoms with E-state index in [2.05, 4.69) is 6.92 Å². The third-order valence-corrected chi connectivity index (χ3v) is 8.65. The SMILES string of the molecule is C[C@@]12C[C@@H]3CC[C@H]4CC(O)CC[C@@H]4C3C[C@H]1CC[C@]21CO1. The van der Waals surface area contributed by atoms with Crippen LogP contribution in [0.5, 0.6) is 0 Å². The molecule has 118 valence electrons. The highest BCUT2D eigenvalue weighted by molar-refractivity contribution is 5.16. The van der Waals surface area contributed by atoms with Crippen LogP contribution >= 0.6 is 0 Å². The molecule has 0 aromatic rings. The van der Waals surface area contributed by atoms with Crippen LogP contribution in [0.15, 0.2) is 0 Å². The topological polar surface area (TPSA) is 32.8 Å². The molecule has 8 atom stereocenters. The van der Waals surface area contributed by atoms with Crippen molar-refractivity contribution < 1.29 is 9.84 Å². The van der Waals surface area contributed by atoms with Gasteiger partial charge in [0.2, 0.25) is 0 Å². The van der Waals surface area contributed by atoms with Crippen molar-refractivity contribution in [2.45, 2.75) is 76.4 Å². The van der Waals surface area contributed by atoms with Gasteiger partial charge in [-0.25, -0.2) is 0 Å². The Balaban J connectivity index is 1.40. The van der Waals surface area contributed by atoms with E-state index in [0.29, 0.717) is 11.0 Å². The first-order valence-electron chi connectivity index (χ1n) is 9.43. The van der Waals surface area contributed by atoms with E-state index < -0.39 is 0 Å². The molecule has 1 saturated heterocycles. The molecule has 1 spiro atoms. The van der Waals surface area contributed by atoms with E-state index in [0.717, 1.165) is 49.0 Å². The lowest BCUT2D eigenvalue weighted by molar-refractivity contribution is -0.0719. The first kappa shape index (κ1) is 13.4. The summed E-state index contributed by atoms with van der Waals surface area (Å²) in [6.45, 7) is 3.61. The largest absolute Gasteiger partial charge is 0.393 e. The number of rotatable bonds is 0. The summed E-state index contributed by atoms with van der Waals surface area (Å²) in [7, 11) is 0. The molecule has 0 aromatic heterocycles. The molecule has 0 amide bonds. The molecule has 4 saturated carbocycles. The molecule has 2 nitrogen and oxygen atoms in total. The van der Waals surface area contributed by atoms with E-state index in [4.69, 9.17) is 4.74 Å². The molecule has 2 unspecified atom stereocenters. The average molecular weight is 290 g/mol. The molecule has 2 heteroatoms. The number of epoxide rings is 1. The highest BCUT2D eigenvalue weighted by atomic mass is 16.6. The van der Waals surface area contributed by atoms with Crippen LogP contribution in [0.1, 0.15) is 64.7 Å². The Bertz CT molecular complexity index is 443. The monoisotopic (exact) mass is 290 g/mol. The molecule has 4 aliphatic carbocycles. The molecular formula is C19H30O2. The molecule has 1 heterocycles. The van der Waals surface area contributed by atoms with Crippen molar-refractivity contribution in [1.29, 1.82) is 0 Å². The van der Waals surface area contributed by atoms with E-state index in [1.807, 2.05) is 0 Å². The van der Waals surface area contributed by atoms with Gasteiger partial charge in [0.05, 0.1) is 18.3 Å². The average Bonchev–Trinajstić information content (AvgIpc) is 3.20. The molecule has 0 aromatic carbocycles. The maximum absolute atomic E-state index is 10.00. The van der Waals surface area contributed by atoms with E-state index in [-0.39, 0.29) is 6.10 Å². The summed E-state index contributed by atoms with van der Waals surface area (Å²) in [4.78, 5) is 0. The van der Waals surface area contributed by atoms with Gasteiger partial charge in [0.1, 0.15) is 0 Å². The van der Waals surface area contributed by atoms with Crippen LogP contribution in [0.4, 0.5) is 0 Å². The molecule has 5 fully saturated rings. The zero-order chi connectivity index (χ0) is 14.2. The summed E-state index contributed by atoms with van der Waals surface area (Å²) >= 11 is 0. The molecule has 1 aliphatic heterocycles. The van der Waals surface area contributed by atoms with E-state index in [1.54, 1.807) is 0 Å². The summed E-state index contributed by atoms with van der Waals surface area (Å²) < 4.78 is 6.00. The van der Waals surface area contributed by atoms with Crippen LogP contribution in [0.25, 0.3) is 0 Å². The fourth-order valence-corrected chi connectivity index (χ4v) is 7.32. The number of aliphatic hydroxyl groups excluding tert-OH is 1. The van der Waals surface area contributed by atoms with E-state index >= 15 is 0 Å². The molecule has 5 rings (SSSR count). The Kier molecular flexibility index (Phi) is 2.71. The lowest BCUT2D eigenvalue weighted by atomic mass is 9.50. The lowest BCUT2D eigenvalue weighted by Gasteiger charge is -2.55. The Morgan fingerprint density at radius 1 is 0.952 bits per heavy atom. The van der Waals surface area contributed by atoms with Crippen LogP contribution in [0.2, 0.25) is 0 Å². The number of hydrogen-bond donors (Lipinski definition) is 1. The van der Waals surface area contributed by atoms with Crippen LogP contribution in [0.3, 0.4) is 0 Å².